The summed E-state index contributed by atoms with van der Waals surface area (Å²) in [6.45, 7) is 7.28. The fourth-order valence-corrected chi connectivity index (χ4v) is 3.80. The SMILES string of the molecule is CC(=C/C1OCCO1)/C=C/[C@@]1(O)[C@]2(C)CO[C@@]1(C)CC(=O)C2. The molecule has 2 aliphatic heterocycles. The Morgan fingerprint density at radius 1 is 1.27 bits per heavy atom. The molecule has 2 bridgehead atoms. The number of hydrogen-bond donors (Lipinski definition) is 1. The van der Waals surface area contributed by atoms with Crippen LogP contribution in [0.15, 0.2) is 23.8 Å². The fraction of sp³-hybridized carbons (Fsp3) is 0.706. The summed E-state index contributed by atoms with van der Waals surface area (Å²) in [5.41, 5.74) is -1.63. The lowest BCUT2D eigenvalue weighted by atomic mass is 9.59. The lowest BCUT2D eigenvalue weighted by Gasteiger charge is -2.47. The van der Waals surface area contributed by atoms with Crippen molar-refractivity contribution >= 4 is 5.78 Å². The molecule has 0 unspecified atom stereocenters. The van der Waals surface area contributed by atoms with Crippen molar-refractivity contribution in [2.75, 3.05) is 19.8 Å². The van der Waals surface area contributed by atoms with Gasteiger partial charge in [-0.2, -0.15) is 0 Å². The third kappa shape index (κ3) is 2.36. The summed E-state index contributed by atoms with van der Waals surface area (Å²) < 4.78 is 16.6. The number of hydrogen-bond acceptors (Lipinski definition) is 5. The zero-order valence-corrected chi connectivity index (χ0v) is 13.4. The molecular weight excluding hydrogens is 284 g/mol. The zero-order valence-electron chi connectivity index (χ0n) is 13.4. The predicted molar refractivity (Wildman–Crippen MR) is 80.2 cm³/mol. The Labute approximate surface area is 130 Å². The molecule has 3 atom stereocenters. The molecule has 0 aromatic carbocycles. The summed E-state index contributed by atoms with van der Waals surface area (Å²) in [7, 11) is 0. The van der Waals surface area contributed by atoms with Crippen LogP contribution in [-0.2, 0) is 19.0 Å². The molecule has 0 aromatic rings. The van der Waals surface area contributed by atoms with Crippen molar-refractivity contribution in [2.45, 2.75) is 51.1 Å². The van der Waals surface area contributed by atoms with Crippen LogP contribution in [0.4, 0.5) is 0 Å². The molecule has 3 fully saturated rings. The minimum atomic E-state index is -1.15. The van der Waals surface area contributed by atoms with E-state index in [1.54, 1.807) is 6.08 Å². The van der Waals surface area contributed by atoms with E-state index in [0.717, 1.165) is 5.57 Å². The first-order chi connectivity index (χ1) is 10.3. The fourth-order valence-electron chi connectivity index (χ4n) is 3.80. The van der Waals surface area contributed by atoms with Gasteiger partial charge in [-0.25, -0.2) is 0 Å². The van der Waals surface area contributed by atoms with Crippen LogP contribution in [0.5, 0.6) is 0 Å². The molecular formula is C17H24O5. The highest BCUT2D eigenvalue weighted by Gasteiger charge is 2.67. The predicted octanol–water partition coefficient (Wildman–Crippen LogP) is 1.75. The summed E-state index contributed by atoms with van der Waals surface area (Å²) in [4.78, 5) is 11.9. The number of rotatable bonds is 3. The van der Waals surface area contributed by atoms with E-state index >= 15 is 0 Å². The highest BCUT2D eigenvalue weighted by molar-refractivity contribution is 5.83. The zero-order chi connectivity index (χ0) is 16.0. The van der Waals surface area contributed by atoms with E-state index in [1.165, 1.54) is 0 Å². The van der Waals surface area contributed by atoms with Crippen LogP contribution >= 0.6 is 0 Å². The molecule has 1 saturated carbocycles. The lowest BCUT2D eigenvalue weighted by Crippen LogP contribution is -2.60. The van der Waals surface area contributed by atoms with Gasteiger partial charge in [-0.05, 0) is 26.0 Å². The van der Waals surface area contributed by atoms with Crippen molar-refractivity contribution in [3.8, 4) is 0 Å². The van der Waals surface area contributed by atoms with E-state index in [0.29, 0.717) is 26.2 Å². The third-order valence-corrected chi connectivity index (χ3v) is 5.19. The van der Waals surface area contributed by atoms with E-state index in [-0.39, 0.29) is 18.5 Å². The Morgan fingerprint density at radius 2 is 1.95 bits per heavy atom. The van der Waals surface area contributed by atoms with Crippen molar-refractivity contribution in [2.24, 2.45) is 5.41 Å². The van der Waals surface area contributed by atoms with E-state index in [1.807, 2.05) is 32.9 Å². The van der Waals surface area contributed by atoms with E-state index in [9.17, 15) is 9.90 Å². The molecule has 1 aliphatic carbocycles. The molecule has 0 spiro atoms. The van der Waals surface area contributed by atoms with Crippen LogP contribution in [0.1, 0.15) is 33.6 Å². The Bertz CT molecular complexity index is 509. The van der Waals surface area contributed by atoms with E-state index in [4.69, 9.17) is 14.2 Å². The molecule has 122 valence electrons. The Hall–Kier alpha value is -1.01. The molecule has 1 N–H and O–H groups in total. The molecule has 2 saturated heterocycles. The topological polar surface area (TPSA) is 65.0 Å². The average molecular weight is 308 g/mol. The molecule has 5 nitrogen and oxygen atoms in total. The highest BCUT2D eigenvalue weighted by Crippen LogP contribution is 2.56. The molecule has 3 rings (SSSR count). The van der Waals surface area contributed by atoms with Gasteiger partial charge in [0.15, 0.2) is 6.29 Å². The largest absolute Gasteiger partial charge is 0.382 e. The maximum Gasteiger partial charge on any atom is 0.177 e. The number of Topliss-reactive ketones (excluding diaryl/α,β-unsaturated/α-hetero) is 1. The second-order valence-electron chi connectivity index (χ2n) is 7.09. The van der Waals surface area contributed by atoms with Gasteiger partial charge in [-0.3, -0.25) is 4.79 Å². The van der Waals surface area contributed by atoms with E-state index < -0.39 is 16.6 Å². The summed E-state index contributed by atoms with van der Waals surface area (Å²) >= 11 is 0. The summed E-state index contributed by atoms with van der Waals surface area (Å²) in [6.07, 6.45) is 5.82. The quantitative estimate of drug-likeness (QED) is 0.805. The van der Waals surface area contributed by atoms with Gasteiger partial charge in [0.25, 0.3) is 0 Å². The minimum absolute atomic E-state index is 0.153. The van der Waals surface area contributed by atoms with Crippen LogP contribution in [-0.4, -0.2) is 48.2 Å². The van der Waals surface area contributed by atoms with Crippen LogP contribution in [0.3, 0.4) is 0 Å². The van der Waals surface area contributed by atoms with Gasteiger partial charge in [-0.15, -0.1) is 0 Å². The number of fused-ring (bicyclic) bond motifs is 2. The number of carbonyl (C=O) groups excluding carboxylic acids is 1. The van der Waals surface area contributed by atoms with Crippen molar-refractivity contribution in [1.29, 1.82) is 0 Å². The number of carbonyl (C=O) groups is 1. The van der Waals surface area contributed by atoms with Gasteiger partial charge in [-0.1, -0.05) is 18.6 Å². The van der Waals surface area contributed by atoms with Crippen LogP contribution < -0.4 is 0 Å². The van der Waals surface area contributed by atoms with Gasteiger partial charge in [0.2, 0.25) is 0 Å². The highest BCUT2D eigenvalue weighted by atomic mass is 16.7. The molecule has 5 heteroatoms. The first-order valence-electron chi connectivity index (χ1n) is 7.77. The molecule has 22 heavy (non-hydrogen) atoms. The van der Waals surface area contributed by atoms with Crippen LogP contribution in [0, 0.1) is 5.41 Å². The first kappa shape index (κ1) is 15.9. The maximum atomic E-state index is 11.9. The second kappa shape index (κ2) is 5.27. The number of allylic oxidation sites excluding steroid dienone is 2. The second-order valence-corrected chi connectivity index (χ2v) is 7.09. The smallest absolute Gasteiger partial charge is 0.177 e. The maximum absolute atomic E-state index is 11.9. The Kier molecular flexibility index (Phi) is 3.80. The number of ether oxygens (including phenoxy) is 3. The van der Waals surface area contributed by atoms with Gasteiger partial charge in [0.1, 0.15) is 17.0 Å². The summed E-state index contributed by atoms with van der Waals surface area (Å²) in [5.74, 6) is 0.153. The van der Waals surface area contributed by atoms with Crippen molar-refractivity contribution in [3.63, 3.8) is 0 Å². The average Bonchev–Trinajstić information content (AvgIpc) is 2.96. The Morgan fingerprint density at radius 3 is 2.59 bits per heavy atom. The molecule has 0 radical (unpaired) electrons. The first-order valence-corrected chi connectivity index (χ1v) is 7.77. The van der Waals surface area contributed by atoms with Gasteiger partial charge >= 0.3 is 0 Å². The van der Waals surface area contributed by atoms with Crippen molar-refractivity contribution in [3.05, 3.63) is 23.8 Å². The van der Waals surface area contributed by atoms with Gasteiger partial charge in [0, 0.05) is 18.3 Å². The van der Waals surface area contributed by atoms with Crippen LogP contribution in [0.2, 0.25) is 0 Å². The molecule has 0 amide bonds. The van der Waals surface area contributed by atoms with Crippen molar-refractivity contribution in [1.82, 2.24) is 0 Å². The monoisotopic (exact) mass is 308 g/mol. The standard InChI is InChI=1S/C17H24O5/c1-12(8-14-20-6-7-21-14)4-5-17(19)15(2)9-13(18)10-16(17,3)22-11-15/h4-5,8,14,19H,6-7,9-11H2,1-3H3/b5-4+,12-8-/t15-,16-,17+/m0/s1. The number of ketones is 1. The van der Waals surface area contributed by atoms with Crippen molar-refractivity contribution < 1.29 is 24.1 Å². The van der Waals surface area contributed by atoms with Gasteiger partial charge in [0.05, 0.1) is 19.8 Å². The van der Waals surface area contributed by atoms with Gasteiger partial charge < -0.3 is 19.3 Å². The molecule has 3 aliphatic rings. The van der Waals surface area contributed by atoms with E-state index in [2.05, 4.69) is 0 Å². The third-order valence-electron chi connectivity index (χ3n) is 5.19. The molecule has 2 heterocycles. The summed E-state index contributed by atoms with van der Waals surface area (Å²) in [5, 5.41) is 11.3. The number of aliphatic hydroxyl groups is 1. The van der Waals surface area contributed by atoms with Crippen LogP contribution in [0.25, 0.3) is 0 Å². The Balaban J connectivity index is 1.83. The lowest BCUT2D eigenvalue weighted by molar-refractivity contribution is -0.151. The summed E-state index contributed by atoms with van der Waals surface area (Å²) in [6, 6.07) is 0. The minimum Gasteiger partial charge on any atom is -0.382 e. The normalized spacial score (nSPS) is 43.5. The molecule has 0 aromatic heterocycles.